The maximum absolute atomic E-state index is 12.0. The number of nitrogens with one attached hydrogen (secondary N) is 1. The summed E-state index contributed by atoms with van der Waals surface area (Å²) in [6, 6.07) is -0.310. The van der Waals surface area contributed by atoms with Crippen molar-refractivity contribution >= 4 is 21.6 Å². The highest BCUT2D eigenvalue weighted by Crippen LogP contribution is 2.11. The van der Waals surface area contributed by atoms with Crippen molar-refractivity contribution in [3.05, 3.63) is 17.7 Å². The molecule has 0 saturated heterocycles. The molecule has 0 bridgehead atoms. The second-order valence-electron chi connectivity index (χ2n) is 4.11. The van der Waals surface area contributed by atoms with Crippen LogP contribution in [0.25, 0.3) is 0 Å². The highest BCUT2D eigenvalue weighted by atomic mass is 35.5. The van der Waals surface area contributed by atoms with E-state index in [1.807, 2.05) is 13.8 Å². The summed E-state index contributed by atoms with van der Waals surface area (Å²) in [4.78, 5) is 7.28. The fourth-order valence-corrected chi connectivity index (χ4v) is 2.60. The monoisotopic (exact) mass is 293 g/mol. The SMILES string of the molecule is COCC(NS(=O)(=O)c1cnc(Cl)nc1)C(C)C. The second kappa shape index (κ2) is 6.42. The van der Waals surface area contributed by atoms with Crippen molar-refractivity contribution in [2.24, 2.45) is 5.92 Å². The fourth-order valence-electron chi connectivity index (χ4n) is 1.25. The minimum absolute atomic E-state index is 0.00579. The molecule has 0 aliphatic rings. The summed E-state index contributed by atoms with van der Waals surface area (Å²) in [5, 5.41) is 0.00579. The molecule has 1 N–H and O–H groups in total. The highest BCUT2D eigenvalue weighted by molar-refractivity contribution is 7.89. The van der Waals surface area contributed by atoms with E-state index in [1.54, 1.807) is 0 Å². The van der Waals surface area contributed by atoms with E-state index in [9.17, 15) is 8.42 Å². The number of hydrogen-bond donors (Lipinski definition) is 1. The van der Waals surface area contributed by atoms with Gasteiger partial charge in [-0.1, -0.05) is 13.8 Å². The molecule has 0 aromatic carbocycles. The molecule has 0 saturated carbocycles. The van der Waals surface area contributed by atoms with Crippen LogP contribution in [0, 0.1) is 5.92 Å². The van der Waals surface area contributed by atoms with Crippen molar-refractivity contribution in [2.75, 3.05) is 13.7 Å². The van der Waals surface area contributed by atoms with Gasteiger partial charge in [0.1, 0.15) is 4.90 Å². The van der Waals surface area contributed by atoms with E-state index in [-0.39, 0.29) is 22.1 Å². The zero-order valence-electron chi connectivity index (χ0n) is 10.4. The third-order valence-corrected chi connectivity index (χ3v) is 4.00. The number of sulfonamides is 1. The molecule has 0 fully saturated rings. The van der Waals surface area contributed by atoms with Crippen LogP contribution in [0.2, 0.25) is 5.28 Å². The first-order valence-corrected chi connectivity index (χ1v) is 7.21. The molecule has 1 aromatic rings. The Morgan fingerprint density at radius 3 is 2.39 bits per heavy atom. The average molecular weight is 294 g/mol. The largest absolute Gasteiger partial charge is 0.383 e. The minimum atomic E-state index is -3.66. The number of halogens is 1. The molecule has 0 radical (unpaired) electrons. The first-order chi connectivity index (χ1) is 8.36. The van der Waals surface area contributed by atoms with Crippen LogP contribution in [0.4, 0.5) is 0 Å². The quantitative estimate of drug-likeness (QED) is 0.794. The molecular weight excluding hydrogens is 278 g/mol. The third-order valence-electron chi connectivity index (χ3n) is 2.36. The number of nitrogens with zero attached hydrogens (tertiary/aromatic N) is 2. The molecule has 0 spiro atoms. The highest BCUT2D eigenvalue weighted by Gasteiger charge is 2.23. The van der Waals surface area contributed by atoms with Crippen LogP contribution < -0.4 is 4.72 Å². The minimum Gasteiger partial charge on any atom is -0.383 e. The van der Waals surface area contributed by atoms with Crippen LogP contribution in [-0.4, -0.2) is 38.1 Å². The lowest BCUT2D eigenvalue weighted by molar-refractivity contribution is 0.157. The van der Waals surface area contributed by atoms with E-state index in [0.717, 1.165) is 0 Å². The predicted octanol–water partition coefficient (Wildman–Crippen LogP) is 1.08. The number of rotatable bonds is 6. The third kappa shape index (κ3) is 4.16. The molecule has 1 aromatic heterocycles. The zero-order chi connectivity index (χ0) is 13.8. The Bertz CT molecular complexity index is 476. The summed E-state index contributed by atoms with van der Waals surface area (Å²) in [7, 11) is -2.13. The van der Waals surface area contributed by atoms with Gasteiger partial charge in [-0.25, -0.2) is 23.1 Å². The van der Waals surface area contributed by atoms with Crippen molar-refractivity contribution in [1.29, 1.82) is 0 Å². The lowest BCUT2D eigenvalue weighted by Gasteiger charge is -2.21. The van der Waals surface area contributed by atoms with Crippen LogP contribution in [0.5, 0.6) is 0 Å². The molecule has 0 aliphatic carbocycles. The van der Waals surface area contributed by atoms with Gasteiger partial charge in [0, 0.05) is 13.2 Å². The second-order valence-corrected chi connectivity index (χ2v) is 6.17. The van der Waals surface area contributed by atoms with Gasteiger partial charge in [-0.05, 0) is 17.5 Å². The molecule has 0 amide bonds. The van der Waals surface area contributed by atoms with E-state index in [4.69, 9.17) is 16.3 Å². The van der Waals surface area contributed by atoms with Crippen LogP contribution in [-0.2, 0) is 14.8 Å². The Labute approximate surface area is 112 Å². The smallest absolute Gasteiger partial charge is 0.243 e. The molecule has 102 valence electrons. The van der Waals surface area contributed by atoms with Crippen LogP contribution >= 0.6 is 11.6 Å². The van der Waals surface area contributed by atoms with Crippen molar-refractivity contribution in [3.63, 3.8) is 0 Å². The maximum Gasteiger partial charge on any atom is 0.243 e. The normalized spacial score (nSPS) is 13.8. The van der Waals surface area contributed by atoms with Gasteiger partial charge in [0.2, 0.25) is 15.3 Å². The summed E-state index contributed by atoms with van der Waals surface area (Å²) in [6.07, 6.45) is 2.34. The Morgan fingerprint density at radius 1 is 1.39 bits per heavy atom. The van der Waals surface area contributed by atoms with Crippen molar-refractivity contribution < 1.29 is 13.2 Å². The standard InChI is InChI=1S/C10H16ClN3O3S/c1-7(2)9(6-17-3)14-18(15,16)8-4-12-10(11)13-5-8/h4-5,7,9,14H,6H2,1-3H3. The van der Waals surface area contributed by atoms with Gasteiger partial charge >= 0.3 is 0 Å². The molecule has 8 heteroatoms. The van der Waals surface area contributed by atoms with E-state index in [1.165, 1.54) is 19.5 Å². The van der Waals surface area contributed by atoms with Crippen LogP contribution in [0.3, 0.4) is 0 Å². The summed E-state index contributed by atoms with van der Waals surface area (Å²) in [6.45, 7) is 4.11. The summed E-state index contributed by atoms with van der Waals surface area (Å²) in [5.41, 5.74) is 0. The average Bonchev–Trinajstić information content (AvgIpc) is 2.28. The Hall–Kier alpha value is -0.760. The molecule has 1 unspecified atom stereocenters. The molecule has 1 atom stereocenters. The van der Waals surface area contributed by atoms with E-state index in [2.05, 4.69) is 14.7 Å². The molecule has 0 aliphatic heterocycles. The van der Waals surface area contributed by atoms with Crippen LogP contribution in [0.1, 0.15) is 13.8 Å². The van der Waals surface area contributed by atoms with Gasteiger partial charge < -0.3 is 4.74 Å². The molecule has 1 heterocycles. The van der Waals surface area contributed by atoms with E-state index in [0.29, 0.717) is 6.61 Å². The Kier molecular flexibility index (Phi) is 5.46. The Balaban J connectivity index is 2.89. The lowest BCUT2D eigenvalue weighted by Crippen LogP contribution is -2.41. The zero-order valence-corrected chi connectivity index (χ0v) is 12.0. The number of ether oxygens (including phenoxy) is 1. The van der Waals surface area contributed by atoms with E-state index >= 15 is 0 Å². The van der Waals surface area contributed by atoms with Crippen molar-refractivity contribution in [2.45, 2.75) is 24.8 Å². The van der Waals surface area contributed by atoms with Gasteiger partial charge in [-0.3, -0.25) is 0 Å². The first-order valence-electron chi connectivity index (χ1n) is 5.35. The number of aromatic nitrogens is 2. The Morgan fingerprint density at radius 2 is 1.94 bits per heavy atom. The molecule has 18 heavy (non-hydrogen) atoms. The predicted molar refractivity (Wildman–Crippen MR) is 67.9 cm³/mol. The van der Waals surface area contributed by atoms with Gasteiger partial charge in [0.25, 0.3) is 0 Å². The van der Waals surface area contributed by atoms with Gasteiger partial charge in [0.15, 0.2) is 0 Å². The van der Waals surface area contributed by atoms with Crippen molar-refractivity contribution in [1.82, 2.24) is 14.7 Å². The number of hydrogen-bond acceptors (Lipinski definition) is 5. The number of methoxy groups -OCH3 is 1. The molecule has 6 nitrogen and oxygen atoms in total. The van der Waals surface area contributed by atoms with Crippen molar-refractivity contribution in [3.8, 4) is 0 Å². The molecular formula is C10H16ClN3O3S. The summed E-state index contributed by atoms with van der Waals surface area (Å²) < 4.78 is 31.6. The van der Waals surface area contributed by atoms with Gasteiger partial charge in [-0.15, -0.1) is 0 Å². The summed E-state index contributed by atoms with van der Waals surface area (Å²) in [5.74, 6) is 0.105. The topological polar surface area (TPSA) is 81.2 Å². The van der Waals surface area contributed by atoms with Crippen LogP contribution in [0.15, 0.2) is 17.3 Å². The van der Waals surface area contributed by atoms with Gasteiger partial charge in [-0.2, -0.15) is 0 Å². The first kappa shape index (κ1) is 15.3. The maximum atomic E-state index is 12.0. The van der Waals surface area contributed by atoms with Gasteiger partial charge in [0.05, 0.1) is 19.0 Å². The summed E-state index contributed by atoms with van der Waals surface area (Å²) >= 11 is 5.51. The fraction of sp³-hybridized carbons (Fsp3) is 0.600. The molecule has 1 rings (SSSR count). The van der Waals surface area contributed by atoms with E-state index < -0.39 is 10.0 Å². The lowest BCUT2D eigenvalue weighted by atomic mass is 10.1.